The van der Waals surface area contributed by atoms with Crippen molar-refractivity contribution in [1.82, 2.24) is 20.2 Å². The van der Waals surface area contributed by atoms with Gasteiger partial charge in [0.25, 0.3) is 0 Å². The van der Waals surface area contributed by atoms with E-state index in [0.29, 0.717) is 0 Å². The highest BCUT2D eigenvalue weighted by atomic mass is 16.5. The number of tetrazole rings is 1. The Labute approximate surface area is 161 Å². The zero-order valence-electron chi connectivity index (χ0n) is 16.9. The van der Waals surface area contributed by atoms with Crippen LogP contribution < -0.4 is 19.3 Å². The molecule has 8 nitrogen and oxygen atoms in total. The molecule has 2 N–H and O–H groups in total. The van der Waals surface area contributed by atoms with Gasteiger partial charge in [-0.3, -0.25) is 0 Å². The fraction of sp³-hybridized carbons (Fsp3) is 0.632. The van der Waals surface area contributed by atoms with Crippen LogP contribution in [-0.4, -0.2) is 60.6 Å². The van der Waals surface area contributed by atoms with Crippen molar-refractivity contribution in [2.45, 2.75) is 39.9 Å². The predicted molar refractivity (Wildman–Crippen MR) is 101 cm³/mol. The Bertz CT molecular complexity index is 740. The first kappa shape index (κ1) is 19.6. The lowest BCUT2D eigenvalue weighted by Gasteiger charge is -2.29. The van der Waals surface area contributed by atoms with Crippen LogP contribution in [0.3, 0.4) is 0 Å². The highest BCUT2D eigenvalue weighted by Crippen LogP contribution is 2.29. The van der Waals surface area contributed by atoms with Crippen molar-refractivity contribution in [3.63, 3.8) is 0 Å². The normalized spacial score (nSPS) is 19.9. The van der Waals surface area contributed by atoms with Crippen molar-refractivity contribution in [3.8, 4) is 11.5 Å². The van der Waals surface area contributed by atoms with Crippen molar-refractivity contribution in [2.24, 2.45) is 0 Å². The molecule has 2 heterocycles. The van der Waals surface area contributed by atoms with Gasteiger partial charge in [0.1, 0.15) is 39.3 Å². The zero-order valence-corrected chi connectivity index (χ0v) is 16.9. The molecule has 0 unspecified atom stereocenters. The van der Waals surface area contributed by atoms with E-state index in [-0.39, 0.29) is 0 Å². The Balaban J connectivity index is 1.56. The minimum atomic E-state index is 0.799. The maximum absolute atomic E-state index is 5.47. The quantitative estimate of drug-likeness (QED) is 0.612. The number of quaternary nitrogens is 2. The first-order chi connectivity index (χ1) is 13.1. The fourth-order valence-corrected chi connectivity index (χ4v) is 3.75. The second-order valence-electron chi connectivity index (χ2n) is 7.31. The molecular weight excluding hydrogens is 344 g/mol. The zero-order chi connectivity index (χ0) is 19.2. The molecule has 0 spiro atoms. The van der Waals surface area contributed by atoms with Crippen LogP contribution in [0, 0.1) is 6.92 Å². The third kappa shape index (κ3) is 4.75. The number of hydrogen-bond donors (Lipinski definition) is 2. The summed E-state index contributed by atoms with van der Waals surface area (Å²) >= 11 is 0. The molecular formula is C19H32N6O2+2. The highest BCUT2D eigenvalue weighted by molar-refractivity contribution is 5.46. The van der Waals surface area contributed by atoms with Gasteiger partial charge in [0.2, 0.25) is 5.82 Å². The molecule has 1 aliphatic heterocycles. The van der Waals surface area contributed by atoms with Gasteiger partial charge in [0.15, 0.2) is 11.5 Å². The minimum absolute atomic E-state index is 0.799. The average molecular weight is 377 g/mol. The number of nitrogens with one attached hydrogen (secondary N) is 2. The summed E-state index contributed by atoms with van der Waals surface area (Å²) in [5, 5.41) is 12.1. The Morgan fingerprint density at radius 2 is 1.63 bits per heavy atom. The van der Waals surface area contributed by atoms with Crippen molar-refractivity contribution in [2.75, 3.05) is 40.4 Å². The molecule has 0 aliphatic carbocycles. The van der Waals surface area contributed by atoms with Crippen molar-refractivity contribution >= 4 is 0 Å². The number of piperazine rings is 1. The predicted octanol–water partition coefficient (Wildman–Crippen LogP) is -1.11. The molecule has 1 saturated heterocycles. The number of nitrogens with zero attached hydrogens (tertiary/aromatic N) is 4. The average Bonchev–Trinajstić information content (AvgIpc) is 3.11. The molecule has 0 saturated carbocycles. The molecule has 27 heavy (non-hydrogen) atoms. The van der Waals surface area contributed by atoms with Gasteiger partial charge in [-0.25, -0.2) is 4.68 Å². The molecule has 2 aromatic rings. The first-order valence-electron chi connectivity index (χ1n) is 9.78. The van der Waals surface area contributed by atoms with Crippen LogP contribution >= 0.6 is 0 Å². The Morgan fingerprint density at radius 3 is 2.26 bits per heavy atom. The van der Waals surface area contributed by atoms with E-state index in [4.69, 9.17) is 9.47 Å². The lowest BCUT2D eigenvalue weighted by molar-refractivity contribution is -1.02. The van der Waals surface area contributed by atoms with Gasteiger partial charge in [-0.1, -0.05) is 6.92 Å². The standard InChI is InChI=1S/C19H30N6O2/c1-5-6-25-19(20-21-22-25)14-24-9-7-23(8-10-24)13-16-12-18(27-4)17(26-3)11-15(16)2/h11-12H,5-10,13-14H2,1-4H3/p+2. The summed E-state index contributed by atoms with van der Waals surface area (Å²) in [6, 6.07) is 4.20. The van der Waals surface area contributed by atoms with Crippen LogP contribution in [0.1, 0.15) is 30.3 Å². The number of benzene rings is 1. The van der Waals surface area contributed by atoms with Gasteiger partial charge in [-0.15, -0.1) is 5.10 Å². The maximum atomic E-state index is 5.47. The van der Waals surface area contributed by atoms with Gasteiger partial charge in [-0.2, -0.15) is 0 Å². The van der Waals surface area contributed by atoms with Crippen molar-refractivity contribution in [1.29, 1.82) is 0 Å². The number of rotatable bonds is 8. The van der Waals surface area contributed by atoms with Gasteiger partial charge in [0.05, 0.1) is 14.2 Å². The fourth-order valence-electron chi connectivity index (χ4n) is 3.75. The van der Waals surface area contributed by atoms with Crippen LogP contribution in [0.25, 0.3) is 0 Å². The van der Waals surface area contributed by atoms with Gasteiger partial charge in [-0.05, 0) is 41.5 Å². The second-order valence-corrected chi connectivity index (χ2v) is 7.31. The summed E-state index contributed by atoms with van der Waals surface area (Å²) in [6.07, 6.45) is 1.05. The Kier molecular flexibility index (Phi) is 6.63. The summed E-state index contributed by atoms with van der Waals surface area (Å²) in [5.74, 6) is 2.61. The number of hydrogen-bond acceptors (Lipinski definition) is 5. The molecule has 1 aliphatic rings. The topological polar surface area (TPSA) is 70.9 Å². The third-order valence-corrected chi connectivity index (χ3v) is 5.40. The summed E-state index contributed by atoms with van der Waals surface area (Å²) in [4.78, 5) is 3.18. The summed E-state index contributed by atoms with van der Waals surface area (Å²) in [5.41, 5.74) is 2.59. The van der Waals surface area contributed by atoms with E-state index in [1.807, 2.05) is 4.68 Å². The van der Waals surface area contributed by atoms with Crippen LogP contribution in [0.2, 0.25) is 0 Å². The second kappa shape index (κ2) is 9.14. The number of aromatic nitrogens is 4. The van der Waals surface area contributed by atoms with Gasteiger partial charge in [0, 0.05) is 12.1 Å². The van der Waals surface area contributed by atoms with E-state index >= 15 is 0 Å². The molecule has 0 atom stereocenters. The van der Waals surface area contributed by atoms with Crippen molar-refractivity contribution in [3.05, 3.63) is 29.1 Å². The molecule has 148 valence electrons. The van der Waals surface area contributed by atoms with E-state index < -0.39 is 0 Å². The van der Waals surface area contributed by atoms with Crippen molar-refractivity contribution < 1.29 is 19.3 Å². The number of aryl methyl sites for hydroxylation is 2. The minimum Gasteiger partial charge on any atom is -0.493 e. The van der Waals surface area contributed by atoms with Crippen LogP contribution in [0.5, 0.6) is 11.5 Å². The van der Waals surface area contributed by atoms with Gasteiger partial charge >= 0.3 is 0 Å². The largest absolute Gasteiger partial charge is 0.493 e. The van der Waals surface area contributed by atoms with Crippen LogP contribution in [0.4, 0.5) is 0 Å². The number of methoxy groups -OCH3 is 2. The molecule has 1 aromatic heterocycles. The monoisotopic (exact) mass is 376 g/mol. The van der Waals surface area contributed by atoms with E-state index in [1.54, 1.807) is 24.0 Å². The molecule has 8 heteroatoms. The smallest absolute Gasteiger partial charge is 0.206 e. The van der Waals surface area contributed by atoms with Crippen LogP contribution in [0.15, 0.2) is 12.1 Å². The molecule has 1 fully saturated rings. The SMILES string of the molecule is CCCn1nnnc1C[NH+]1CC[NH+](Cc2cc(OC)c(OC)cc2C)CC1. The lowest BCUT2D eigenvalue weighted by atomic mass is 10.1. The maximum Gasteiger partial charge on any atom is 0.206 e. The van der Waals surface area contributed by atoms with E-state index in [2.05, 4.69) is 41.5 Å². The lowest BCUT2D eigenvalue weighted by Crippen LogP contribution is -3.27. The van der Waals surface area contributed by atoms with Crippen LogP contribution in [-0.2, 0) is 19.6 Å². The van der Waals surface area contributed by atoms with E-state index in [0.717, 1.165) is 69.6 Å². The Hall–Kier alpha value is -2.19. The van der Waals surface area contributed by atoms with E-state index in [1.165, 1.54) is 11.1 Å². The summed E-state index contributed by atoms with van der Waals surface area (Å²) in [6.45, 7) is 11.7. The third-order valence-electron chi connectivity index (χ3n) is 5.40. The molecule has 0 radical (unpaired) electrons. The summed E-state index contributed by atoms with van der Waals surface area (Å²) in [7, 11) is 3.37. The molecule has 1 aromatic carbocycles. The summed E-state index contributed by atoms with van der Waals surface area (Å²) < 4.78 is 12.8. The molecule has 0 amide bonds. The highest BCUT2D eigenvalue weighted by Gasteiger charge is 2.25. The van der Waals surface area contributed by atoms with E-state index in [9.17, 15) is 0 Å². The first-order valence-corrected chi connectivity index (χ1v) is 9.78. The number of ether oxygens (including phenoxy) is 2. The van der Waals surface area contributed by atoms with Gasteiger partial charge < -0.3 is 19.3 Å². The molecule has 3 rings (SSSR count). The molecule has 0 bridgehead atoms. The Morgan fingerprint density at radius 1 is 1.00 bits per heavy atom.